The third kappa shape index (κ3) is 3.36. The van der Waals surface area contributed by atoms with Crippen LogP contribution in [0.3, 0.4) is 0 Å². The molecular formula is C14H12BrF2N3S. The Hall–Kier alpha value is -1.60. The quantitative estimate of drug-likeness (QED) is 0.796. The van der Waals surface area contributed by atoms with Crippen LogP contribution in [-0.4, -0.2) is 9.97 Å². The van der Waals surface area contributed by atoms with Gasteiger partial charge in [0.1, 0.15) is 10.8 Å². The highest BCUT2D eigenvalue weighted by Gasteiger charge is 2.15. The van der Waals surface area contributed by atoms with Gasteiger partial charge in [0.15, 0.2) is 5.82 Å². The number of nitrogens with zero attached hydrogens (tertiary/aromatic N) is 1. The number of anilines is 2. The molecular weight excluding hydrogens is 360 g/mol. The van der Waals surface area contributed by atoms with Crippen molar-refractivity contribution in [3.63, 3.8) is 0 Å². The number of benzene rings is 1. The van der Waals surface area contributed by atoms with Gasteiger partial charge >= 0.3 is 0 Å². The normalized spacial score (nSPS) is 10.5. The summed E-state index contributed by atoms with van der Waals surface area (Å²) >= 11 is 8.15. The van der Waals surface area contributed by atoms with Crippen LogP contribution >= 0.6 is 28.1 Å². The highest BCUT2D eigenvalue weighted by Crippen LogP contribution is 2.32. The van der Waals surface area contributed by atoms with Gasteiger partial charge in [0.2, 0.25) is 0 Å². The Labute approximate surface area is 134 Å². The average molecular weight is 372 g/mol. The molecule has 110 valence electrons. The Bertz CT molecular complexity index is 711. The molecule has 0 unspecified atom stereocenters. The van der Waals surface area contributed by atoms with Crippen molar-refractivity contribution < 1.29 is 8.78 Å². The Balaban J connectivity index is 2.57. The maximum atomic E-state index is 13.9. The van der Waals surface area contributed by atoms with E-state index in [1.807, 2.05) is 0 Å². The lowest BCUT2D eigenvalue weighted by atomic mass is 10.1. The number of pyridine rings is 1. The molecule has 0 radical (unpaired) electrons. The number of hydrogen-bond donors (Lipinski definition) is 2. The van der Waals surface area contributed by atoms with E-state index in [1.165, 1.54) is 6.07 Å². The van der Waals surface area contributed by atoms with Gasteiger partial charge in [0.25, 0.3) is 0 Å². The molecule has 0 bridgehead atoms. The van der Waals surface area contributed by atoms with Crippen LogP contribution in [0.15, 0.2) is 22.7 Å². The van der Waals surface area contributed by atoms with Crippen molar-refractivity contribution in [2.45, 2.75) is 13.8 Å². The molecule has 1 aromatic carbocycles. The van der Waals surface area contributed by atoms with Crippen molar-refractivity contribution in [3.05, 3.63) is 51.3 Å². The van der Waals surface area contributed by atoms with Crippen molar-refractivity contribution in [3.8, 4) is 0 Å². The number of aromatic nitrogens is 1. The lowest BCUT2D eigenvalue weighted by Gasteiger charge is -2.16. The van der Waals surface area contributed by atoms with Gasteiger partial charge in [-0.05, 0) is 41.9 Å². The van der Waals surface area contributed by atoms with Crippen LogP contribution < -0.4 is 11.1 Å². The van der Waals surface area contributed by atoms with Gasteiger partial charge in [0.05, 0.1) is 16.9 Å². The summed E-state index contributed by atoms with van der Waals surface area (Å²) in [5.74, 6) is -1.38. The van der Waals surface area contributed by atoms with Crippen LogP contribution in [0.5, 0.6) is 0 Å². The van der Waals surface area contributed by atoms with Crippen molar-refractivity contribution in [1.29, 1.82) is 0 Å². The number of hydrogen-bond acceptors (Lipinski definition) is 3. The molecule has 0 aliphatic heterocycles. The van der Waals surface area contributed by atoms with Crippen LogP contribution in [-0.2, 0) is 0 Å². The van der Waals surface area contributed by atoms with Gasteiger partial charge in [-0.15, -0.1) is 0 Å². The summed E-state index contributed by atoms with van der Waals surface area (Å²) in [5.41, 5.74) is 8.25. The number of thiocarbonyl (C=S) groups is 1. The minimum Gasteiger partial charge on any atom is -0.389 e. The lowest BCUT2D eigenvalue weighted by molar-refractivity contribution is 0.584. The van der Waals surface area contributed by atoms with E-state index in [9.17, 15) is 8.78 Å². The molecule has 1 aromatic heterocycles. The second kappa shape index (κ2) is 6.03. The molecule has 0 aliphatic rings. The number of rotatable bonds is 3. The van der Waals surface area contributed by atoms with Gasteiger partial charge in [-0.1, -0.05) is 12.2 Å². The molecule has 2 aromatic rings. The highest BCUT2D eigenvalue weighted by atomic mass is 79.9. The van der Waals surface area contributed by atoms with Gasteiger partial charge in [-0.3, -0.25) is 4.98 Å². The molecule has 0 amide bonds. The topological polar surface area (TPSA) is 50.9 Å². The Morgan fingerprint density at radius 2 is 1.95 bits per heavy atom. The van der Waals surface area contributed by atoms with E-state index in [4.69, 9.17) is 18.0 Å². The third-order valence-electron chi connectivity index (χ3n) is 2.84. The molecule has 1 heterocycles. The van der Waals surface area contributed by atoms with E-state index < -0.39 is 11.6 Å². The van der Waals surface area contributed by atoms with Gasteiger partial charge in [0, 0.05) is 21.9 Å². The molecule has 7 heteroatoms. The summed E-state index contributed by atoms with van der Waals surface area (Å²) in [5, 5.41) is 2.90. The molecule has 0 atom stereocenters. The summed E-state index contributed by atoms with van der Waals surface area (Å²) in [4.78, 5) is 4.44. The largest absolute Gasteiger partial charge is 0.389 e. The fraction of sp³-hybridized carbons (Fsp3) is 0.143. The minimum atomic E-state index is -0.720. The Kier molecular flexibility index (Phi) is 4.53. The van der Waals surface area contributed by atoms with Crippen LogP contribution in [0.2, 0.25) is 0 Å². The molecule has 0 saturated heterocycles. The predicted octanol–water partition coefficient (Wildman–Crippen LogP) is 4.12. The number of aryl methyl sites for hydroxylation is 2. The summed E-state index contributed by atoms with van der Waals surface area (Å²) in [6, 6.07) is 3.68. The van der Waals surface area contributed by atoms with Crippen molar-refractivity contribution >= 4 is 44.5 Å². The van der Waals surface area contributed by atoms with E-state index in [2.05, 4.69) is 26.2 Å². The van der Waals surface area contributed by atoms with E-state index in [-0.39, 0.29) is 15.1 Å². The van der Waals surface area contributed by atoms with Crippen LogP contribution in [0.1, 0.15) is 17.0 Å². The Morgan fingerprint density at radius 1 is 1.29 bits per heavy atom. The molecule has 0 saturated carbocycles. The molecule has 0 spiro atoms. The number of halogens is 3. The van der Waals surface area contributed by atoms with Gasteiger partial charge in [-0.25, -0.2) is 8.78 Å². The zero-order valence-electron chi connectivity index (χ0n) is 11.3. The second-order valence-corrected chi connectivity index (χ2v) is 5.80. The molecule has 3 nitrogen and oxygen atoms in total. The van der Waals surface area contributed by atoms with E-state index in [0.29, 0.717) is 16.9 Å². The first-order valence-electron chi connectivity index (χ1n) is 5.99. The molecule has 2 rings (SSSR count). The van der Waals surface area contributed by atoms with Crippen LogP contribution in [0.25, 0.3) is 0 Å². The van der Waals surface area contributed by atoms with Crippen molar-refractivity contribution in [1.82, 2.24) is 4.98 Å². The first kappa shape index (κ1) is 15.8. The smallest absolute Gasteiger partial charge is 0.150 e. The summed E-state index contributed by atoms with van der Waals surface area (Å²) in [7, 11) is 0. The SMILES string of the molecule is Cc1cc(Nc2c(F)cc(F)cc2Br)c(C(N)=S)c(C)n1. The van der Waals surface area contributed by atoms with Crippen LogP contribution in [0, 0.1) is 25.5 Å². The molecule has 0 aliphatic carbocycles. The zero-order chi connectivity index (χ0) is 15.7. The first-order valence-corrected chi connectivity index (χ1v) is 7.19. The fourth-order valence-electron chi connectivity index (χ4n) is 2.03. The molecule has 21 heavy (non-hydrogen) atoms. The molecule has 3 N–H and O–H groups in total. The first-order chi connectivity index (χ1) is 9.79. The summed E-state index contributed by atoms with van der Waals surface area (Å²) < 4.78 is 27.3. The number of nitrogens with two attached hydrogens (primary N) is 1. The number of nitrogens with one attached hydrogen (secondary N) is 1. The van der Waals surface area contributed by atoms with E-state index >= 15 is 0 Å². The predicted molar refractivity (Wildman–Crippen MR) is 86.9 cm³/mol. The monoisotopic (exact) mass is 371 g/mol. The highest BCUT2D eigenvalue weighted by molar-refractivity contribution is 9.10. The maximum Gasteiger partial charge on any atom is 0.150 e. The summed E-state index contributed by atoms with van der Waals surface area (Å²) in [6.07, 6.45) is 0. The van der Waals surface area contributed by atoms with E-state index in [0.717, 1.165) is 11.8 Å². The van der Waals surface area contributed by atoms with Crippen LogP contribution in [0.4, 0.5) is 20.2 Å². The van der Waals surface area contributed by atoms with Gasteiger partial charge in [-0.2, -0.15) is 0 Å². The third-order valence-corrected chi connectivity index (χ3v) is 3.67. The van der Waals surface area contributed by atoms with Crippen molar-refractivity contribution in [2.24, 2.45) is 5.73 Å². The van der Waals surface area contributed by atoms with Gasteiger partial charge < -0.3 is 11.1 Å². The fourth-order valence-corrected chi connectivity index (χ4v) is 2.80. The minimum absolute atomic E-state index is 0.110. The van der Waals surface area contributed by atoms with E-state index in [1.54, 1.807) is 19.9 Å². The summed E-state index contributed by atoms with van der Waals surface area (Å²) in [6.45, 7) is 3.57. The Morgan fingerprint density at radius 3 is 2.52 bits per heavy atom. The standard InChI is InChI=1S/C14H12BrF2N3S/c1-6-3-11(12(14(18)21)7(2)19-6)20-13-9(15)4-8(16)5-10(13)17/h3-5H,1-2H3,(H2,18,21)(H,19,20). The lowest BCUT2D eigenvalue weighted by Crippen LogP contribution is -2.15. The maximum absolute atomic E-state index is 13.9. The molecule has 0 fully saturated rings. The second-order valence-electron chi connectivity index (χ2n) is 4.51. The zero-order valence-corrected chi connectivity index (χ0v) is 13.7. The van der Waals surface area contributed by atoms with Crippen molar-refractivity contribution in [2.75, 3.05) is 5.32 Å². The average Bonchev–Trinajstić information content (AvgIpc) is 2.32.